The van der Waals surface area contributed by atoms with E-state index >= 15 is 4.39 Å². The van der Waals surface area contributed by atoms with Gasteiger partial charge < -0.3 is 30.6 Å². The van der Waals surface area contributed by atoms with E-state index in [0.29, 0.717) is 12.6 Å². The van der Waals surface area contributed by atoms with Crippen LogP contribution in [0.1, 0.15) is 49.5 Å². The van der Waals surface area contributed by atoms with Crippen LogP contribution >= 0.6 is 0 Å². The van der Waals surface area contributed by atoms with E-state index in [2.05, 4.69) is 44.7 Å². The van der Waals surface area contributed by atoms with E-state index in [4.69, 9.17) is 4.74 Å². The molecule has 0 unspecified atom stereocenters. The van der Waals surface area contributed by atoms with Gasteiger partial charge in [-0.2, -0.15) is 13.2 Å². The van der Waals surface area contributed by atoms with Gasteiger partial charge in [-0.15, -0.1) is 0 Å². The Balaban J connectivity index is 1.57. The van der Waals surface area contributed by atoms with Crippen LogP contribution in [0, 0.1) is 5.82 Å². The number of benzene rings is 1. The molecule has 0 spiro atoms. The Bertz CT molecular complexity index is 1300. The molecule has 4 N–H and O–H groups in total. The van der Waals surface area contributed by atoms with E-state index < -0.39 is 23.5 Å². The molecule has 1 amide bonds. The fourth-order valence-corrected chi connectivity index (χ4v) is 4.71. The van der Waals surface area contributed by atoms with Crippen molar-refractivity contribution >= 4 is 34.1 Å². The van der Waals surface area contributed by atoms with Crippen molar-refractivity contribution in [1.29, 1.82) is 0 Å². The Morgan fingerprint density at radius 3 is 2.53 bits per heavy atom. The molecule has 1 aliphatic heterocycles. The highest BCUT2D eigenvalue weighted by Gasteiger charge is 2.35. The summed E-state index contributed by atoms with van der Waals surface area (Å²) in [5, 5.41) is 8.66. The van der Waals surface area contributed by atoms with E-state index in [1.54, 1.807) is 6.92 Å². The average Bonchev–Trinajstić information content (AvgIpc) is 3.30. The first-order valence-electron chi connectivity index (χ1n) is 12.5. The second-order valence-electron chi connectivity index (χ2n) is 9.54. The van der Waals surface area contributed by atoms with Crippen LogP contribution in [0.3, 0.4) is 0 Å². The number of methoxy groups -OCH3 is 1. The minimum atomic E-state index is -4.56. The molecule has 206 valence electrons. The van der Waals surface area contributed by atoms with Crippen LogP contribution in [-0.2, 0) is 6.18 Å². The van der Waals surface area contributed by atoms with Gasteiger partial charge in [0.25, 0.3) is 5.91 Å². The number of likely N-dealkylation sites (tertiary alicyclic amines) is 1. The molecule has 1 aliphatic rings. The van der Waals surface area contributed by atoms with Crippen LogP contribution in [0.2, 0.25) is 0 Å². The number of rotatable bonds is 8. The summed E-state index contributed by atoms with van der Waals surface area (Å²) < 4.78 is 60.9. The lowest BCUT2D eigenvalue weighted by Crippen LogP contribution is -2.46. The number of carbonyl (C=O) groups is 1. The van der Waals surface area contributed by atoms with Crippen molar-refractivity contribution in [2.45, 2.75) is 51.9 Å². The molecular formula is C26H32F4N6O2. The average molecular weight is 537 g/mol. The third-order valence-corrected chi connectivity index (χ3v) is 6.71. The molecular weight excluding hydrogens is 504 g/mol. The zero-order chi connectivity index (χ0) is 27.6. The normalized spacial score (nSPS) is 15.2. The van der Waals surface area contributed by atoms with Crippen molar-refractivity contribution in [2.75, 3.05) is 37.4 Å². The smallest absolute Gasteiger partial charge is 0.418 e. The number of H-pyrrole nitrogens is 1. The molecule has 0 saturated carbocycles. The largest absolute Gasteiger partial charge is 0.495 e. The quantitative estimate of drug-likeness (QED) is 0.284. The molecule has 4 rings (SSSR count). The SMILES string of the molecule is CCNc1cc(Nc2cc(F)c(C(=O)NC3CCN(C(C)C)CC3)cc2OC)nc2[nH]cc(C(F)(F)F)c12. The summed E-state index contributed by atoms with van der Waals surface area (Å²) >= 11 is 0. The second-order valence-corrected chi connectivity index (χ2v) is 9.54. The Morgan fingerprint density at radius 1 is 1.21 bits per heavy atom. The van der Waals surface area contributed by atoms with Crippen molar-refractivity contribution in [1.82, 2.24) is 20.2 Å². The predicted molar refractivity (Wildman–Crippen MR) is 139 cm³/mol. The predicted octanol–water partition coefficient (Wildman–Crippen LogP) is 5.51. The summed E-state index contributed by atoms with van der Waals surface area (Å²) in [6, 6.07) is 4.21. The third-order valence-electron chi connectivity index (χ3n) is 6.71. The number of hydrogen-bond acceptors (Lipinski definition) is 6. The number of carbonyl (C=O) groups excluding carboxylic acids is 1. The van der Waals surface area contributed by atoms with Gasteiger partial charge in [0.05, 0.1) is 29.3 Å². The Hall–Kier alpha value is -3.54. The lowest BCUT2D eigenvalue weighted by atomic mass is 10.0. The van der Waals surface area contributed by atoms with Crippen molar-refractivity contribution in [3.05, 3.63) is 41.3 Å². The highest BCUT2D eigenvalue weighted by molar-refractivity contribution is 5.97. The number of piperidine rings is 1. The van der Waals surface area contributed by atoms with E-state index in [1.165, 1.54) is 19.2 Å². The summed E-state index contributed by atoms with van der Waals surface area (Å²) in [6.45, 7) is 8.10. The highest BCUT2D eigenvalue weighted by atomic mass is 19.4. The minimum absolute atomic E-state index is 0.0113. The molecule has 2 aromatic heterocycles. The molecule has 1 saturated heterocycles. The maximum Gasteiger partial charge on any atom is 0.418 e. The van der Waals surface area contributed by atoms with Crippen LogP contribution in [0.5, 0.6) is 5.75 Å². The van der Waals surface area contributed by atoms with Crippen molar-refractivity contribution in [2.24, 2.45) is 0 Å². The highest BCUT2D eigenvalue weighted by Crippen LogP contribution is 2.39. The Labute approximate surface area is 218 Å². The van der Waals surface area contributed by atoms with Gasteiger partial charge in [-0.25, -0.2) is 9.37 Å². The van der Waals surface area contributed by atoms with Gasteiger partial charge >= 0.3 is 6.18 Å². The lowest BCUT2D eigenvalue weighted by Gasteiger charge is -2.34. The van der Waals surface area contributed by atoms with Gasteiger partial charge in [0.15, 0.2) is 0 Å². The molecule has 38 heavy (non-hydrogen) atoms. The van der Waals surface area contributed by atoms with Crippen LogP contribution < -0.4 is 20.7 Å². The van der Waals surface area contributed by atoms with Gasteiger partial charge in [-0.3, -0.25) is 4.79 Å². The summed E-state index contributed by atoms with van der Waals surface area (Å²) in [7, 11) is 1.38. The number of hydrogen-bond donors (Lipinski definition) is 4. The van der Waals surface area contributed by atoms with Crippen LogP contribution in [0.25, 0.3) is 11.0 Å². The Morgan fingerprint density at radius 2 is 1.92 bits per heavy atom. The Kier molecular flexibility index (Phi) is 8.00. The number of ether oxygens (including phenoxy) is 1. The van der Waals surface area contributed by atoms with Gasteiger partial charge in [0, 0.05) is 55.7 Å². The number of nitrogens with one attached hydrogen (secondary N) is 4. The summed E-state index contributed by atoms with van der Waals surface area (Å²) in [5.74, 6) is -0.954. The standard InChI is InChI=1S/C26H32F4N6O2/c1-5-31-20-12-22(35-24-23(20)17(13-32-24)26(28,29)30)34-19-11-18(27)16(10-21(19)38-4)25(37)33-15-6-8-36(9-7-15)14(2)3/h10-15H,5-9H2,1-4H3,(H,33,37)(H3,31,32,34,35). The second kappa shape index (κ2) is 11.1. The molecule has 3 aromatic rings. The molecule has 0 bridgehead atoms. The molecule has 12 heteroatoms. The lowest BCUT2D eigenvalue weighted by molar-refractivity contribution is -0.136. The number of pyridine rings is 1. The topological polar surface area (TPSA) is 94.3 Å². The zero-order valence-corrected chi connectivity index (χ0v) is 21.7. The number of alkyl halides is 3. The van der Waals surface area contributed by atoms with Crippen molar-refractivity contribution in [3.8, 4) is 5.75 Å². The van der Waals surface area contributed by atoms with Crippen LogP contribution in [-0.4, -0.2) is 59.6 Å². The first-order valence-corrected chi connectivity index (χ1v) is 12.5. The minimum Gasteiger partial charge on any atom is -0.495 e. The van der Waals surface area contributed by atoms with Crippen molar-refractivity contribution in [3.63, 3.8) is 0 Å². The molecule has 8 nitrogen and oxygen atoms in total. The van der Waals surface area contributed by atoms with Crippen molar-refractivity contribution < 1.29 is 27.1 Å². The monoisotopic (exact) mass is 536 g/mol. The summed E-state index contributed by atoms with van der Waals surface area (Å²) in [4.78, 5) is 22.0. The van der Waals surface area contributed by atoms with E-state index in [1.807, 2.05) is 0 Å². The maximum absolute atomic E-state index is 15.1. The zero-order valence-electron chi connectivity index (χ0n) is 21.7. The van der Waals surface area contributed by atoms with Gasteiger partial charge in [-0.1, -0.05) is 0 Å². The van der Waals surface area contributed by atoms with Crippen LogP contribution in [0.15, 0.2) is 24.4 Å². The fraction of sp³-hybridized carbons (Fsp3) is 0.462. The number of anilines is 3. The fourth-order valence-electron chi connectivity index (χ4n) is 4.71. The molecule has 1 aromatic carbocycles. The summed E-state index contributed by atoms with van der Waals surface area (Å²) in [5.41, 5.74) is -0.598. The molecule has 1 fully saturated rings. The number of nitrogens with zero attached hydrogens (tertiary/aromatic N) is 2. The first kappa shape index (κ1) is 27.5. The van der Waals surface area contributed by atoms with Gasteiger partial charge in [0.2, 0.25) is 0 Å². The number of halogens is 4. The number of aromatic amines is 1. The molecule has 0 aliphatic carbocycles. The maximum atomic E-state index is 15.1. The van der Waals surface area contributed by atoms with E-state index in [-0.39, 0.29) is 45.6 Å². The molecule has 0 radical (unpaired) electrons. The van der Waals surface area contributed by atoms with Gasteiger partial charge in [-0.05, 0) is 39.7 Å². The third kappa shape index (κ3) is 5.79. The van der Waals surface area contributed by atoms with Crippen LogP contribution in [0.4, 0.5) is 34.8 Å². The van der Waals surface area contributed by atoms with E-state index in [0.717, 1.165) is 38.2 Å². The first-order chi connectivity index (χ1) is 18.0. The number of fused-ring (bicyclic) bond motifs is 1. The van der Waals surface area contributed by atoms with E-state index in [9.17, 15) is 18.0 Å². The number of aromatic nitrogens is 2. The molecule has 0 atom stereocenters. The molecule has 3 heterocycles. The number of amides is 1. The van der Waals surface area contributed by atoms with Gasteiger partial charge in [0.1, 0.15) is 23.0 Å². The summed E-state index contributed by atoms with van der Waals surface area (Å²) in [6.07, 6.45) is -2.14.